The molecule has 0 aromatic carbocycles. The monoisotopic (exact) mass is 251 g/mol. The van der Waals surface area contributed by atoms with Crippen LogP contribution < -0.4 is 5.43 Å². The molecule has 1 aromatic rings. The van der Waals surface area contributed by atoms with Crippen LogP contribution in [0.15, 0.2) is 15.5 Å². The number of fused-ring (bicyclic) bond motifs is 1. The molecule has 5 heteroatoms. The quantitative estimate of drug-likeness (QED) is 0.715. The van der Waals surface area contributed by atoms with E-state index < -0.39 is 0 Å². The van der Waals surface area contributed by atoms with Crippen molar-refractivity contribution in [2.45, 2.75) is 0 Å². The maximum Gasteiger partial charge on any atom is 0.161 e. The Balaban J connectivity index is 2.60. The number of hydrogen-bond acceptors (Lipinski definition) is 3. The van der Waals surface area contributed by atoms with Crippen molar-refractivity contribution in [2.24, 2.45) is 3.25 Å². The van der Waals surface area contributed by atoms with Gasteiger partial charge in [-0.05, 0) is 6.07 Å². The highest BCUT2D eigenvalue weighted by molar-refractivity contribution is 14.2. The highest BCUT2D eigenvalue weighted by Gasteiger charge is 2.07. The minimum atomic E-state index is -0.383. The molecular weight excluding hydrogens is 248 g/mol. The van der Waals surface area contributed by atoms with Gasteiger partial charge in [-0.15, -0.1) is 3.25 Å². The summed E-state index contributed by atoms with van der Waals surface area (Å²) < 4.78 is 17.3. The van der Waals surface area contributed by atoms with Crippen molar-refractivity contribution in [3.63, 3.8) is 0 Å². The minimum absolute atomic E-state index is 0.280. The number of halogens is 2. The Hall–Kier alpha value is -0.590. The van der Waals surface area contributed by atoms with E-state index in [0.717, 1.165) is 3.57 Å². The molecule has 0 fully saturated rings. The Bertz CT molecular complexity index is 299. The third-order valence-electron chi connectivity index (χ3n) is 1.09. The third-order valence-corrected chi connectivity index (χ3v) is 2.91. The first-order valence-corrected chi connectivity index (χ1v) is 4.66. The predicted octanol–water partition coefficient (Wildman–Crippen LogP) is 1.89. The number of nitrogens with zero attached hydrogens (tertiary/aromatic N) is 2. The summed E-state index contributed by atoms with van der Waals surface area (Å²) in [5.41, 5.74) is 2.72. The van der Waals surface area contributed by atoms with Crippen LogP contribution >= 0.6 is 21.0 Å². The number of anilines is 1. The fraction of sp³-hybridized carbons (Fsp3) is 0. The van der Waals surface area contributed by atoms with Gasteiger partial charge in [0.25, 0.3) is 0 Å². The van der Waals surface area contributed by atoms with E-state index in [0.29, 0.717) is 5.82 Å². The summed E-state index contributed by atoms with van der Waals surface area (Å²) in [6, 6.07) is 1.49. The average molecular weight is 251 g/mol. The SMILES string of the molecule is Fc1cnc2c(c1)I=NN2. The lowest BCUT2D eigenvalue weighted by atomic mass is 10.4. The summed E-state index contributed by atoms with van der Waals surface area (Å²) in [4.78, 5) is 3.81. The van der Waals surface area contributed by atoms with E-state index in [1.165, 1.54) is 12.3 Å². The van der Waals surface area contributed by atoms with E-state index in [1.807, 2.05) is 0 Å². The highest BCUT2D eigenvalue weighted by Crippen LogP contribution is 2.27. The zero-order valence-electron chi connectivity index (χ0n) is 4.81. The first kappa shape index (κ1) is 6.14. The molecule has 52 valence electrons. The van der Waals surface area contributed by atoms with Crippen molar-refractivity contribution in [3.05, 3.63) is 21.7 Å². The Kier molecular flexibility index (Phi) is 1.37. The largest absolute Gasteiger partial charge is 0.255 e. The van der Waals surface area contributed by atoms with Gasteiger partial charge in [0.15, 0.2) is 5.82 Å². The van der Waals surface area contributed by atoms with Crippen molar-refractivity contribution in [2.75, 3.05) is 5.43 Å². The summed E-state index contributed by atoms with van der Waals surface area (Å²) >= 11 is -0.383. The Labute approximate surface area is 66.8 Å². The lowest BCUT2D eigenvalue weighted by Gasteiger charge is -1.92. The van der Waals surface area contributed by atoms with Crippen molar-refractivity contribution in [1.29, 1.82) is 0 Å². The van der Waals surface area contributed by atoms with E-state index in [4.69, 9.17) is 0 Å². The molecular formula is C5H3FIN3. The molecule has 10 heavy (non-hydrogen) atoms. The van der Waals surface area contributed by atoms with Crippen molar-refractivity contribution in [1.82, 2.24) is 4.98 Å². The fourth-order valence-electron chi connectivity index (χ4n) is 0.668. The van der Waals surface area contributed by atoms with E-state index in [-0.39, 0.29) is 26.9 Å². The predicted molar refractivity (Wildman–Crippen MR) is 43.0 cm³/mol. The number of nitrogens with one attached hydrogen (secondary N) is 1. The normalized spacial score (nSPS) is 13.7. The molecule has 1 aliphatic heterocycles. The highest BCUT2D eigenvalue weighted by atomic mass is 127. The van der Waals surface area contributed by atoms with Gasteiger partial charge in [-0.25, -0.2) is 9.37 Å². The van der Waals surface area contributed by atoms with Gasteiger partial charge in [-0.3, -0.25) is 5.43 Å². The number of pyridine rings is 1. The maximum atomic E-state index is 12.4. The Morgan fingerprint density at radius 2 is 2.50 bits per heavy atom. The van der Waals surface area contributed by atoms with Crippen molar-refractivity contribution in [3.8, 4) is 0 Å². The third kappa shape index (κ3) is 0.898. The second-order valence-electron chi connectivity index (χ2n) is 1.76. The summed E-state index contributed by atoms with van der Waals surface area (Å²) in [7, 11) is 0. The molecule has 0 bridgehead atoms. The molecule has 0 aliphatic carbocycles. The summed E-state index contributed by atoms with van der Waals surface area (Å²) in [5.74, 6) is 0.437. The van der Waals surface area contributed by atoms with Crippen LogP contribution in [-0.2, 0) is 0 Å². The van der Waals surface area contributed by atoms with Gasteiger partial charge in [0.2, 0.25) is 0 Å². The van der Waals surface area contributed by atoms with Crippen LogP contribution in [0, 0.1) is 9.39 Å². The second-order valence-corrected chi connectivity index (χ2v) is 3.89. The molecule has 0 amide bonds. The number of aromatic nitrogens is 1. The molecule has 2 rings (SSSR count). The Morgan fingerprint density at radius 1 is 1.60 bits per heavy atom. The smallest absolute Gasteiger partial charge is 0.161 e. The van der Waals surface area contributed by atoms with Crippen LogP contribution in [0.2, 0.25) is 0 Å². The van der Waals surface area contributed by atoms with E-state index in [2.05, 4.69) is 13.7 Å². The first-order chi connectivity index (χ1) is 4.86. The van der Waals surface area contributed by atoms with E-state index >= 15 is 0 Å². The zero-order valence-corrected chi connectivity index (χ0v) is 6.96. The van der Waals surface area contributed by atoms with Gasteiger partial charge in [0, 0.05) is 0 Å². The fourth-order valence-corrected chi connectivity index (χ4v) is 2.20. The minimum Gasteiger partial charge on any atom is -0.255 e. The van der Waals surface area contributed by atoms with Gasteiger partial charge >= 0.3 is 0 Å². The molecule has 0 spiro atoms. The lowest BCUT2D eigenvalue weighted by molar-refractivity contribution is 0.620. The molecule has 0 saturated carbocycles. The molecule has 1 aromatic heterocycles. The van der Waals surface area contributed by atoms with Crippen LogP contribution in [0.1, 0.15) is 0 Å². The van der Waals surface area contributed by atoms with Crippen molar-refractivity contribution < 1.29 is 4.39 Å². The van der Waals surface area contributed by atoms with Gasteiger partial charge in [0.1, 0.15) is 5.82 Å². The Morgan fingerprint density at radius 3 is 3.40 bits per heavy atom. The summed E-state index contributed by atoms with van der Waals surface area (Å²) in [5, 5.41) is 0. The van der Waals surface area contributed by atoms with E-state index in [9.17, 15) is 4.39 Å². The lowest BCUT2D eigenvalue weighted by Crippen LogP contribution is -1.89. The van der Waals surface area contributed by atoms with Crippen LogP contribution in [0.25, 0.3) is 0 Å². The van der Waals surface area contributed by atoms with Gasteiger partial charge in [0.05, 0.1) is 30.8 Å². The second kappa shape index (κ2) is 2.22. The standard InChI is InChI=1S/C5H3FIN3/c6-3-1-4-5(8-2-3)9-10-7-4/h1-2H,(H,8,9). The molecule has 0 unspecified atom stereocenters. The molecule has 0 saturated heterocycles. The molecule has 3 nitrogen and oxygen atoms in total. The van der Waals surface area contributed by atoms with Gasteiger partial charge in [-0.1, -0.05) is 0 Å². The molecule has 2 heterocycles. The van der Waals surface area contributed by atoms with Crippen molar-refractivity contribution >= 4 is 26.9 Å². The number of rotatable bonds is 0. The van der Waals surface area contributed by atoms with Gasteiger partial charge in [-0.2, -0.15) is 0 Å². The molecule has 1 N–H and O–H groups in total. The molecule has 1 aliphatic rings. The topological polar surface area (TPSA) is 37.3 Å². The average Bonchev–Trinajstić information content (AvgIpc) is 2.33. The summed E-state index contributed by atoms with van der Waals surface area (Å²) in [6.45, 7) is 0. The van der Waals surface area contributed by atoms with Gasteiger partial charge < -0.3 is 0 Å². The van der Waals surface area contributed by atoms with Crippen LogP contribution in [0.3, 0.4) is 0 Å². The number of hydrogen-bond donors (Lipinski definition) is 1. The van der Waals surface area contributed by atoms with Crippen LogP contribution in [-0.4, -0.2) is 4.98 Å². The maximum absolute atomic E-state index is 12.4. The van der Waals surface area contributed by atoms with E-state index in [1.54, 1.807) is 0 Å². The summed E-state index contributed by atoms with van der Waals surface area (Å²) in [6.07, 6.45) is 1.19. The zero-order chi connectivity index (χ0) is 6.97. The first-order valence-electron chi connectivity index (χ1n) is 2.62. The van der Waals surface area contributed by atoms with Crippen LogP contribution in [0.5, 0.6) is 0 Å². The molecule has 0 atom stereocenters. The van der Waals surface area contributed by atoms with Crippen LogP contribution in [0.4, 0.5) is 10.2 Å². The molecule has 0 radical (unpaired) electrons.